The van der Waals surface area contributed by atoms with Crippen LogP contribution in [0.3, 0.4) is 0 Å². The van der Waals surface area contributed by atoms with Gasteiger partial charge in [-0.25, -0.2) is 0 Å². The zero-order valence-corrected chi connectivity index (χ0v) is 12.1. The van der Waals surface area contributed by atoms with Gasteiger partial charge < -0.3 is 5.32 Å². The van der Waals surface area contributed by atoms with Gasteiger partial charge in [-0.3, -0.25) is 9.69 Å². The summed E-state index contributed by atoms with van der Waals surface area (Å²) in [6.45, 7) is 9.26. The third kappa shape index (κ3) is 5.82. The lowest BCUT2D eigenvalue weighted by Crippen LogP contribution is -2.45. The van der Waals surface area contributed by atoms with E-state index in [0.717, 1.165) is 6.54 Å². The van der Waals surface area contributed by atoms with Gasteiger partial charge in [0.25, 0.3) is 0 Å². The lowest BCUT2D eigenvalue weighted by atomic mass is 10.1. The quantitative estimate of drug-likeness (QED) is 0.887. The van der Waals surface area contributed by atoms with Crippen LogP contribution < -0.4 is 5.32 Å². The molecule has 0 unspecified atom stereocenters. The molecule has 1 aromatic carbocycles. The van der Waals surface area contributed by atoms with E-state index in [0.29, 0.717) is 6.54 Å². The van der Waals surface area contributed by atoms with Crippen molar-refractivity contribution in [2.45, 2.75) is 39.8 Å². The Bertz CT molecular complexity index is 390. The van der Waals surface area contributed by atoms with Crippen LogP contribution in [0.15, 0.2) is 24.3 Å². The number of aryl methyl sites for hydroxylation is 1. The average Bonchev–Trinajstić information content (AvgIpc) is 2.18. The molecular formula is C15H24N2O. The molecule has 3 nitrogen and oxygen atoms in total. The van der Waals surface area contributed by atoms with Gasteiger partial charge in [0.1, 0.15) is 0 Å². The average molecular weight is 248 g/mol. The number of rotatable bonds is 4. The van der Waals surface area contributed by atoms with Crippen molar-refractivity contribution in [1.82, 2.24) is 10.2 Å². The van der Waals surface area contributed by atoms with Crippen molar-refractivity contribution in [1.29, 1.82) is 0 Å². The number of likely N-dealkylation sites (N-methyl/N-ethyl adjacent to an activating group) is 1. The predicted molar refractivity (Wildman–Crippen MR) is 75.4 cm³/mol. The maximum absolute atomic E-state index is 11.8. The number of carbonyl (C=O) groups is 1. The molecule has 0 heterocycles. The number of hydrogen-bond donors (Lipinski definition) is 1. The van der Waals surface area contributed by atoms with Crippen molar-refractivity contribution in [2.24, 2.45) is 0 Å². The molecule has 0 saturated carbocycles. The molecule has 0 spiro atoms. The first-order valence-electron chi connectivity index (χ1n) is 6.31. The molecule has 0 radical (unpaired) electrons. The van der Waals surface area contributed by atoms with Gasteiger partial charge in [0, 0.05) is 12.1 Å². The van der Waals surface area contributed by atoms with Gasteiger partial charge in [-0.2, -0.15) is 0 Å². The first-order valence-corrected chi connectivity index (χ1v) is 6.31. The van der Waals surface area contributed by atoms with Crippen LogP contribution in [0.25, 0.3) is 0 Å². The summed E-state index contributed by atoms with van der Waals surface area (Å²) in [5, 5.41) is 2.96. The monoisotopic (exact) mass is 248 g/mol. The number of amides is 1. The Morgan fingerprint density at radius 1 is 1.22 bits per heavy atom. The number of carbonyl (C=O) groups excluding carboxylic acids is 1. The second-order valence-electron chi connectivity index (χ2n) is 5.96. The summed E-state index contributed by atoms with van der Waals surface area (Å²) >= 11 is 0. The molecule has 0 aliphatic carbocycles. The number of hydrogen-bond acceptors (Lipinski definition) is 2. The Morgan fingerprint density at radius 3 is 2.28 bits per heavy atom. The molecule has 1 amide bonds. The molecule has 1 aromatic rings. The highest BCUT2D eigenvalue weighted by molar-refractivity contribution is 5.78. The summed E-state index contributed by atoms with van der Waals surface area (Å²) in [4.78, 5) is 13.8. The van der Waals surface area contributed by atoms with Gasteiger partial charge in [-0.1, -0.05) is 29.8 Å². The van der Waals surface area contributed by atoms with Crippen molar-refractivity contribution in [3.8, 4) is 0 Å². The minimum absolute atomic E-state index is 0.0668. The lowest BCUT2D eigenvalue weighted by molar-refractivity contribution is -0.123. The van der Waals surface area contributed by atoms with Crippen LogP contribution in [0, 0.1) is 6.92 Å². The molecule has 0 bridgehead atoms. The number of nitrogens with zero attached hydrogens (tertiary/aromatic N) is 1. The third-order valence-corrected chi connectivity index (χ3v) is 2.50. The zero-order chi connectivity index (χ0) is 13.8. The van der Waals surface area contributed by atoms with E-state index in [2.05, 4.69) is 36.5 Å². The zero-order valence-electron chi connectivity index (χ0n) is 12.1. The highest BCUT2D eigenvalue weighted by Crippen LogP contribution is 2.06. The van der Waals surface area contributed by atoms with E-state index in [1.807, 2.05) is 32.7 Å². The molecule has 18 heavy (non-hydrogen) atoms. The first kappa shape index (κ1) is 14.7. The summed E-state index contributed by atoms with van der Waals surface area (Å²) < 4.78 is 0. The molecular weight excluding hydrogens is 224 g/mol. The van der Waals surface area contributed by atoms with E-state index in [1.165, 1.54) is 11.1 Å². The van der Waals surface area contributed by atoms with Crippen LogP contribution in [0.1, 0.15) is 31.9 Å². The maximum Gasteiger partial charge on any atom is 0.234 e. The molecule has 0 aliphatic heterocycles. The Labute approximate surface area is 110 Å². The van der Waals surface area contributed by atoms with Gasteiger partial charge in [0.2, 0.25) is 5.91 Å². The smallest absolute Gasteiger partial charge is 0.234 e. The van der Waals surface area contributed by atoms with Gasteiger partial charge in [-0.15, -0.1) is 0 Å². The normalized spacial score (nSPS) is 11.7. The third-order valence-electron chi connectivity index (χ3n) is 2.50. The highest BCUT2D eigenvalue weighted by atomic mass is 16.2. The summed E-state index contributed by atoms with van der Waals surface area (Å²) in [5.74, 6) is 0.0668. The van der Waals surface area contributed by atoms with Crippen LogP contribution in [0.4, 0.5) is 0 Å². The summed E-state index contributed by atoms with van der Waals surface area (Å²) in [5.41, 5.74) is 2.32. The SMILES string of the molecule is Cc1ccc(CN(C)CC(=O)NC(C)(C)C)cc1. The molecule has 100 valence electrons. The van der Waals surface area contributed by atoms with Gasteiger partial charge in [-0.05, 0) is 40.3 Å². The van der Waals surface area contributed by atoms with Crippen LogP contribution in [0.5, 0.6) is 0 Å². The van der Waals surface area contributed by atoms with E-state index >= 15 is 0 Å². The van der Waals surface area contributed by atoms with Gasteiger partial charge >= 0.3 is 0 Å². The molecule has 0 saturated heterocycles. The Hall–Kier alpha value is -1.35. The van der Waals surface area contributed by atoms with Gasteiger partial charge in [0.05, 0.1) is 6.54 Å². The lowest BCUT2D eigenvalue weighted by Gasteiger charge is -2.23. The van der Waals surface area contributed by atoms with Crippen molar-refractivity contribution >= 4 is 5.91 Å². The van der Waals surface area contributed by atoms with E-state index in [4.69, 9.17) is 0 Å². The van der Waals surface area contributed by atoms with E-state index in [1.54, 1.807) is 0 Å². The van der Waals surface area contributed by atoms with Crippen molar-refractivity contribution in [2.75, 3.05) is 13.6 Å². The van der Waals surface area contributed by atoms with Crippen LogP contribution in [-0.4, -0.2) is 29.9 Å². The fourth-order valence-corrected chi connectivity index (χ4v) is 1.76. The Morgan fingerprint density at radius 2 is 1.78 bits per heavy atom. The molecule has 0 aliphatic rings. The molecule has 0 atom stereocenters. The van der Waals surface area contributed by atoms with Crippen molar-refractivity contribution < 1.29 is 4.79 Å². The fraction of sp³-hybridized carbons (Fsp3) is 0.533. The predicted octanol–water partition coefficient (Wildman–Crippen LogP) is 2.34. The van der Waals surface area contributed by atoms with Crippen molar-refractivity contribution in [3.63, 3.8) is 0 Å². The van der Waals surface area contributed by atoms with E-state index in [9.17, 15) is 4.79 Å². The topological polar surface area (TPSA) is 32.3 Å². The fourth-order valence-electron chi connectivity index (χ4n) is 1.76. The van der Waals surface area contributed by atoms with Crippen LogP contribution in [0.2, 0.25) is 0 Å². The molecule has 0 fully saturated rings. The highest BCUT2D eigenvalue weighted by Gasteiger charge is 2.14. The summed E-state index contributed by atoms with van der Waals surface area (Å²) in [7, 11) is 1.96. The summed E-state index contributed by atoms with van der Waals surface area (Å²) in [6.07, 6.45) is 0. The summed E-state index contributed by atoms with van der Waals surface area (Å²) in [6, 6.07) is 8.40. The second kappa shape index (κ2) is 6.01. The van der Waals surface area contributed by atoms with Crippen LogP contribution >= 0.6 is 0 Å². The molecule has 3 heteroatoms. The minimum Gasteiger partial charge on any atom is -0.350 e. The first-order chi connectivity index (χ1) is 8.26. The van der Waals surface area contributed by atoms with Crippen LogP contribution in [-0.2, 0) is 11.3 Å². The van der Waals surface area contributed by atoms with Gasteiger partial charge in [0.15, 0.2) is 0 Å². The standard InChI is InChI=1S/C15H24N2O/c1-12-6-8-13(9-7-12)10-17(5)11-14(18)16-15(2,3)4/h6-9H,10-11H2,1-5H3,(H,16,18). The molecule has 1 rings (SSSR count). The minimum atomic E-state index is -0.165. The number of benzene rings is 1. The maximum atomic E-state index is 11.8. The second-order valence-corrected chi connectivity index (χ2v) is 5.96. The largest absolute Gasteiger partial charge is 0.350 e. The Balaban J connectivity index is 2.44. The molecule has 1 N–H and O–H groups in total. The van der Waals surface area contributed by atoms with Crippen molar-refractivity contribution in [3.05, 3.63) is 35.4 Å². The Kier molecular flexibility index (Phi) is 4.91. The number of nitrogens with one attached hydrogen (secondary N) is 1. The molecule has 0 aromatic heterocycles. The van der Waals surface area contributed by atoms with E-state index < -0.39 is 0 Å². The van der Waals surface area contributed by atoms with E-state index in [-0.39, 0.29) is 11.4 Å².